The van der Waals surface area contributed by atoms with E-state index in [-0.39, 0.29) is 11.8 Å². The summed E-state index contributed by atoms with van der Waals surface area (Å²) in [5.74, 6) is -0.136. The summed E-state index contributed by atoms with van der Waals surface area (Å²) in [6.07, 6.45) is 0. The fourth-order valence-electron chi connectivity index (χ4n) is 4.13. The van der Waals surface area contributed by atoms with Gasteiger partial charge in [0.25, 0.3) is 0 Å². The van der Waals surface area contributed by atoms with Gasteiger partial charge in [0.2, 0.25) is 0 Å². The maximum absolute atomic E-state index is 6.66. The van der Waals surface area contributed by atoms with Gasteiger partial charge < -0.3 is 5.32 Å². The molecule has 1 saturated carbocycles. The van der Waals surface area contributed by atoms with E-state index in [0.29, 0.717) is 5.02 Å². The fourth-order valence-corrected chi connectivity index (χ4v) is 5.32. The maximum atomic E-state index is 6.66. The first-order valence-electron chi connectivity index (χ1n) is 9.95. The lowest BCUT2D eigenvalue weighted by atomic mass is 9.99. The molecule has 1 fully saturated rings. The molecule has 0 heterocycles. The zero-order valence-corrected chi connectivity index (χ0v) is 19.5. The third-order valence-corrected chi connectivity index (χ3v) is 6.92. The monoisotopic (exact) mass is 455 g/mol. The van der Waals surface area contributed by atoms with E-state index < -0.39 is 4.33 Å². The minimum absolute atomic E-state index is 0.0414. The summed E-state index contributed by atoms with van der Waals surface area (Å²) in [6.45, 7) is 10.5. The van der Waals surface area contributed by atoms with E-state index in [1.807, 2.05) is 19.1 Å². The van der Waals surface area contributed by atoms with Gasteiger partial charge in [0, 0.05) is 28.2 Å². The van der Waals surface area contributed by atoms with Crippen LogP contribution in [-0.2, 0) is 0 Å². The number of hydrogen-bond donors (Lipinski definition) is 1. The number of hydrogen-bond acceptors (Lipinski definition) is 1. The highest BCUT2D eigenvalue weighted by Gasteiger charge is 2.65. The molecule has 0 bridgehead atoms. The first kappa shape index (κ1) is 21.3. The predicted molar refractivity (Wildman–Crippen MR) is 131 cm³/mol. The van der Waals surface area contributed by atoms with Crippen molar-refractivity contribution in [2.45, 2.75) is 31.0 Å². The summed E-state index contributed by atoms with van der Waals surface area (Å²) in [7, 11) is 0. The van der Waals surface area contributed by atoms with Gasteiger partial charge in [0.15, 0.2) is 0 Å². The molecule has 0 amide bonds. The number of rotatable bonds is 5. The molecule has 1 aliphatic carbocycles. The van der Waals surface area contributed by atoms with Crippen molar-refractivity contribution in [2.75, 3.05) is 5.32 Å². The van der Waals surface area contributed by atoms with Gasteiger partial charge >= 0.3 is 0 Å². The molecule has 4 heteroatoms. The van der Waals surface area contributed by atoms with Crippen LogP contribution in [0.2, 0.25) is 5.02 Å². The minimum Gasteiger partial charge on any atom is -0.359 e. The highest BCUT2D eigenvalue weighted by molar-refractivity contribution is 6.52. The lowest BCUT2D eigenvalue weighted by molar-refractivity contribution is 0.946. The molecule has 1 nitrogen and oxygen atoms in total. The lowest BCUT2D eigenvalue weighted by Gasteiger charge is -2.14. The Morgan fingerprint density at radius 3 is 2.27 bits per heavy atom. The quantitative estimate of drug-likeness (QED) is 0.380. The average molecular weight is 457 g/mol. The first-order chi connectivity index (χ1) is 14.2. The van der Waals surface area contributed by atoms with Crippen molar-refractivity contribution >= 4 is 40.5 Å². The SMILES string of the molecule is C=C(Nc1ccc(C)c(-c2ccc(C)cc2)c1)C1C(c2cc(C)cc(Cl)c2)C1(Cl)Cl. The summed E-state index contributed by atoms with van der Waals surface area (Å²) in [5, 5.41) is 4.13. The third kappa shape index (κ3) is 4.12. The van der Waals surface area contributed by atoms with Crippen LogP contribution in [0.25, 0.3) is 11.1 Å². The Balaban J connectivity index is 1.57. The Bertz CT molecular complexity index is 1100. The first-order valence-corrected chi connectivity index (χ1v) is 11.1. The van der Waals surface area contributed by atoms with Gasteiger partial charge in [-0.15, -0.1) is 23.2 Å². The zero-order valence-electron chi connectivity index (χ0n) is 17.3. The van der Waals surface area contributed by atoms with Crippen molar-refractivity contribution in [1.82, 2.24) is 0 Å². The zero-order chi connectivity index (χ0) is 21.6. The largest absolute Gasteiger partial charge is 0.359 e. The van der Waals surface area contributed by atoms with E-state index >= 15 is 0 Å². The summed E-state index contributed by atoms with van der Waals surface area (Å²) in [5.41, 5.74) is 8.76. The smallest absolute Gasteiger partial charge is 0.134 e. The normalized spacial score (nSPS) is 19.4. The molecule has 154 valence electrons. The Morgan fingerprint density at radius 1 is 0.900 bits per heavy atom. The third-order valence-electron chi connectivity index (χ3n) is 5.76. The van der Waals surface area contributed by atoms with E-state index in [2.05, 4.69) is 74.3 Å². The number of allylic oxidation sites excluding steroid dienone is 1. The maximum Gasteiger partial charge on any atom is 0.134 e. The van der Waals surface area contributed by atoms with Crippen molar-refractivity contribution in [1.29, 1.82) is 0 Å². The predicted octanol–water partition coefficient (Wildman–Crippen LogP) is 8.45. The van der Waals surface area contributed by atoms with Crippen molar-refractivity contribution in [3.8, 4) is 11.1 Å². The molecule has 0 aliphatic heterocycles. The van der Waals surface area contributed by atoms with E-state index in [1.165, 1.54) is 22.3 Å². The molecule has 3 aromatic rings. The van der Waals surface area contributed by atoms with Gasteiger partial charge in [-0.2, -0.15) is 0 Å². The molecule has 2 atom stereocenters. The van der Waals surface area contributed by atoms with Gasteiger partial charge in [0.1, 0.15) is 4.33 Å². The Morgan fingerprint density at radius 2 is 1.60 bits per heavy atom. The van der Waals surface area contributed by atoms with E-state index in [1.54, 1.807) is 0 Å². The van der Waals surface area contributed by atoms with Crippen LogP contribution >= 0.6 is 34.8 Å². The number of alkyl halides is 2. The number of halogens is 3. The lowest BCUT2D eigenvalue weighted by Crippen LogP contribution is -2.04. The molecule has 4 rings (SSSR count). The number of nitrogens with one attached hydrogen (secondary N) is 1. The second-order valence-electron chi connectivity index (χ2n) is 8.24. The number of anilines is 1. The van der Waals surface area contributed by atoms with E-state index in [9.17, 15) is 0 Å². The highest BCUT2D eigenvalue weighted by Crippen LogP contribution is 2.67. The molecular weight excluding hydrogens is 433 g/mol. The Hall–Kier alpha value is -1.93. The fraction of sp³-hybridized carbons (Fsp3) is 0.231. The van der Waals surface area contributed by atoms with Gasteiger partial charge in [-0.05, 0) is 72.9 Å². The van der Waals surface area contributed by atoms with Crippen molar-refractivity contribution < 1.29 is 0 Å². The second-order valence-corrected chi connectivity index (χ2v) is 10.1. The topological polar surface area (TPSA) is 12.0 Å². The van der Waals surface area contributed by atoms with Crippen LogP contribution in [0, 0.1) is 26.7 Å². The highest BCUT2D eigenvalue weighted by atomic mass is 35.5. The molecule has 0 spiro atoms. The van der Waals surface area contributed by atoms with Crippen LogP contribution in [0.3, 0.4) is 0 Å². The summed E-state index contributed by atoms with van der Waals surface area (Å²) in [4.78, 5) is 0. The standard InChI is InChI=1S/C26H24Cl3N/c1-15-5-8-19(9-6-15)23-14-22(10-7-17(23)3)30-18(4)24-25(26(24,28)29)20-11-16(2)12-21(27)13-20/h5-14,24-25,30H,4H2,1-3H3. The van der Waals surface area contributed by atoms with Crippen molar-refractivity contribution in [3.63, 3.8) is 0 Å². The van der Waals surface area contributed by atoms with Crippen LogP contribution in [-0.4, -0.2) is 4.33 Å². The molecule has 2 unspecified atom stereocenters. The molecule has 0 aromatic heterocycles. The van der Waals surface area contributed by atoms with Crippen molar-refractivity contribution in [3.05, 3.63) is 100 Å². The number of benzene rings is 3. The summed E-state index contributed by atoms with van der Waals surface area (Å²) >= 11 is 19.6. The van der Waals surface area contributed by atoms with Crippen LogP contribution in [0.5, 0.6) is 0 Å². The van der Waals surface area contributed by atoms with Crippen LogP contribution in [0.1, 0.15) is 28.2 Å². The van der Waals surface area contributed by atoms with Crippen LogP contribution in [0.4, 0.5) is 5.69 Å². The average Bonchev–Trinajstić information content (AvgIpc) is 3.25. The molecule has 30 heavy (non-hydrogen) atoms. The second kappa shape index (κ2) is 7.96. The molecule has 1 N–H and O–H groups in total. The molecule has 1 aliphatic rings. The van der Waals surface area contributed by atoms with Gasteiger partial charge in [-0.1, -0.05) is 60.1 Å². The molecular formula is C26H24Cl3N. The molecule has 0 saturated heterocycles. The summed E-state index contributed by atoms with van der Waals surface area (Å²) < 4.78 is -0.897. The van der Waals surface area contributed by atoms with E-state index in [0.717, 1.165) is 22.5 Å². The van der Waals surface area contributed by atoms with Gasteiger partial charge in [0.05, 0.1) is 0 Å². The van der Waals surface area contributed by atoms with Gasteiger partial charge in [-0.25, -0.2) is 0 Å². The van der Waals surface area contributed by atoms with Gasteiger partial charge in [-0.3, -0.25) is 0 Å². The van der Waals surface area contributed by atoms with Crippen LogP contribution < -0.4 is 5.32 Å². The van der Waals surface area contributed by atoms with E-state index in [4.69, 9.17) is 34.8 Å². The minimum atomic E-state index is -0.897. The van der Waals surface area contributed by atoms with Crippen molar-refractivity contribution in [2.24, 2.45) is 5.92 Å². The Kier molecular flexibility index (Phi) is 5.66. The number of aryl methyl sites for hydroxylation is 3. The molecule has 3 aromatic carbocycles. The van der Waals surface area contributed by atoms with Crippen LogP contribution in [0.15, 0.2) is 72.9 Å². The summed E-state index contributed by atoms with van der Waals surface area (Å²) in [6, 6.07) is 20.8. The molecule has 0 radical (unpaired) electrons. The Labute approximate surface area is 193 Å².